The Balaban J connectivity index is 1.76. The number of hydrogen-bond donors (Lipinski definition) is 1. The molecule has 1 aromatic carbocycles. The first-order chi connectivity index (χ1) is 14.3. The molecule has 0 spiro atoms. The highest BCUT2D eigenvalue weighted by Crippen LogP contribution is 2.22. The van der Waals surface area contributed by atoms with Gasteiger partial charge in [-0.25, -0.2) is 14.5 Å². The van der Waals surface area contributed by atoms with E-state index in [-0.39, 0.29) is 16.6 Å². The van der Waals surface area contributed by atoms with Gasteiger partial charge in [-0.3, -0.25) is 18.7 Å². The second-order valence-corrected chi connectivity index (χ2v) is 7.11. The summed E-state index contributed by atoms with van der Waals surface area (Å²) in [6, 6.07) is 10.7. The number of aromatic nitrogens is 5. The summed E-state index contributed by atoms with van der Waals surface area (Å²) < 4.78 is 4.02. The van der Waals surface area contributed by atoms with Gasteiger partial charge in [0.25, 0.3) is 11.5 Å². The number of hydrogen-bond acceptors (Lipinski definition) is 5. The zero-order chi connectivity index (χ0) is 21.6. The molecule has 9 nitrogen and oxygen atoms in total. The quantitative estimate of drug-likeness (QED) is 0.560. The number of amides is 1. The van der Waals surface area contributed by atoms with E-state index in [0.29, 0.717) is 5.69 Å². The first kappa shape index (κ1) is 19.3. The first-order valence-electron chi connectivity index (χ1n) is 9.27. The average molecular weight is 404 g/mol. The van der Waals surface area contributed by atoms with E-state index in [1.807, 2.05) is 38.1 Å². The van der Waals surface area contributed by atoms with Gasteiger partial charge in [-0.2, -0.15) is 5.10 Å². The van der Waals surface area contributed by atoms with Gasteiger partial charge in [-0.15, -0.1) is 0 Å². The lowest BCUT2D eigenvalue weighted by atomic mass is 10.2. The summed E-state index contributed by atoms with van der Waals surface area (Å²) >= 11 is 0. The number of nitrogens with one attached hydrogen (secondary N) is 1. The van der Waals surface area contributed by atoms with Crippen molar-refractivity contribution in [2.24, 2.45) is 14.1 Å². The standard InChI is InChI=1S/C21H20N6O3/c1-12-9-13(2)27(24-12)17-8-6-5-7-16(17)23-19(28)14-10-15-18(22-11-14)25(3)21(30)26(4)20(15)29/h5-11H,1-4H3,(H,23,28). The molecule has 0 bridgehead atoms. The van der Waals surface area contributed by atoms with Crippen molar-refractivity contribution in [3.05, 3.63) is 80.4 Å². The molecule has 4 rings (SSSR count). The number of aryl methyl sites for hydroxylation is 3. The molecular formula is C21H20N6O3. The van der Waals surface area contributed by atoms with Gasteiger partial charge in [0, 0.05) is 26.0 Å². The number of benzene rings is 1. The van der Waals surface area contributed by atoms with E-state index in [0.717, 1.165) is 21.6 Å². The van der Waals surface area contributed by atoms with Crippen molar-refractivity contribution in [2.75, 3.05) is 5.32 Å². The highest BCUT2D eigenvalue weighted by atomic mass is 16.2. The van der Waals surface area contributed by atoms with Gasteiger partial charge < -0.3 is 5.32 Å². The van der Waals surface area contributed by atoms with Crippen LogP contribution in [0.4, 0.5) is 5.69 Å². The third-order valence-corrected chi connectivity index (χ3v) is 4.95. The van der Waals surface area contributed by atoms with Crippen LogP contribution >= 0.6 is 0 Å². The summed E-state index contributed by atoms with van der Waals surface area (Å²) in [4.78, 5) is 41.6. The molecule has 0 saturated carbocycles. The molecule has 0 aliphatic rings. The maximum atomic E-state index is 12.9. The Labute approximate surface area is 171 Å². The normalized spacial score (nSPS) is 11.1. The van der Waals surface area contributed by atoms with Crippen LogP contribution in [0.5, 0.6) is 0 Å². The summed E-state index contributed by atoms with van der Waals surface area (Å²) in [5, 5.41) is 7.54. The lowest BCUT2D eigenvalue weighted by molar-refractivity contribution is 0.102. The van der Waals surface area contributed by atoms with Crippen molar-refractivity contribution in [1.82, 2.24) is 23.9 Å². The van der Waals surface area contributed by atoms with E-state index in [2.05, 4.69) is 15.4 Å². The van der Waals surface area contributed by atoms with Crippen molar-refractivity contribution in [3.63, 3.8) is 0 Å². The van der Waals surface area contributed by atoms with Gasteiger partial charge in [0.15, 0.2) is 0 Å². The van der Waals surface area contributed by atoms with Crippen molar-refractivity contribution >= 4 is 22.6 Å². The number of nitrogens with zero attached hydrogens (tertiary/aromatic N) is 5. The molecule has 1 N–H and O–H groups in total. The number of rotatable bonds is 3. The van der Waals surface area contributed by atoms with E-state index in [9.17, 15) is 14.4 Å². The van der Waals surface area contributed by atoms with E-state index in [1.165, 1.54) is 30.9 Å². The second kappa shape index (κ2) is 7.11. The Morgan fingerprint density at radius 2 is 1.77 bits per heavy atom. The average Bonchev–Trinajstić information content (AvgIpc) is 3.08. The van der Waals surface area contributed by atoms with E-state index in [4.69, 9.17) is 0 Å². The van der Waals surface area contributed by atoms with Gasteiger partial charge in [-0.05, 0) is 38.1 Å². The van der Waals surface area contributed by atoms with Crippen LogP contribution in [0.3, 0.4) is 0 Å². The molecule has 1 amide bonds. The molecule has 152 valence electrons. The van der Waals surface area contributed by atoms with Crippen LogP contribution in [-0.2, 0) is 14.1 Å². The minimum Gasteiger partial charge on any atom is -0.320 e. The van der Waals surface area contributed by atoms with Gasteiger partial charge in [0.05, 0.1) is 28.0 Å². The number of pyridine rings is 1. The fraction of sp³-hybridized carbons (Fsp3) is 0.190. The summed E-state index contributed by atoms with van der Waals surface area (Å²) in [5.41, 5.74) is 2.56. The van der Waals surface area contributed by atoms with Gasteiger partial charge in [0.2, 0.25) is 0 Å². The zero-order valence-electron chi connectivity index (χ0n) is 17.0. The Hall–Kier alpha value is -4.01. The fourth-order valence-electron chi connectivity index (χ4n) is 3.42. The molecule has 0 aliphatic carbocycles. The second-order valence-electron chi connectivity index (χ2n) is 7.11. The molecule has 3 aromatic heterocycles. The van der Waals surface area contributed by atoms with Crippen molar-refractivity contribution < 1.29 is 4.79 Å². The molecular weight excluding hydrogens is 384 g/mol. The van der Waals surface area contributed by atoms with Crippen molar-refractivity contribution in [3.8, 4) is 5.69 Å². The van der Waals surface area contributed by atoms with Crippen LogP contribution in [0.1, 0.15) is 21.7 Å². The Kier molecular flexibility index (Phi) is 4.57. The molecule has 0 aliphatic heterocycles. The van der Waals surface area contributed by atoms with Gasteiger partial charge in [0.1, 0.15) is 5.65 Å². The Morgan fingerprint density at radius 1 is 1.03 bits per heavy atom. The highest BCUT2D eigenvalue weighted by molar-refractivity contribution is 6.06. The van der Waals surface area contributed by atoms with Crippen molar-refractivity contribution in [1.29, 1.82) is 0 Å². The minimum absolute atomic E-state index is 0.194. The van der Waals surface area contributed by atoms with Gasteiger partial charge >= 0.3 is 5.69 Å². The van der Waals surface area contributed by atoms with Crippen molar-refractivity contribution in [2.45, 2.75) is 13.8 Å². The number of carbonyl (C=O) groups excluding carboxylic acids is 1. The predicted octanol–water partition coefficient (Wildman–Crippen LogP) is 1.69. The minimum atomic E-state index is -0.502. The number of anilines is 1. The summed E-state index contributed by atoms with van der Waals surface area (Å²) in [6.45, 7) is 3.84. The maximum absolute atomic E-state index is 12.9. The number of carbonyl (C=O) groups is 1. The number of fused-ring (bicyclic) bond motifs is 1. The summed E-state index contributed by atoms with van der Waals surface area (Å²) in [6.07, 6.45) is 1.35. The molecule has 0 saturated heterocycles. The van der Waals surface area contributed by atoms with E-state index < -0.39 is 17.2 Å². The highest BCUT2D eigenvalue weighted by Gasteiger charge is 2.16. The van der Waals surface area contributed by atoms with Crippen LogP contribution in [0.25, 0.3) is 16.7 Å². The smallest absolute Gasteiger partial charge is 0.320 e. The maximum Gasteiger partial charge on any atom is 0.332 e. The Bertz CT molecular complexity index is 1430. The molecule has 9 heteroatoms. The molecule has 4 aromatic rings. The largest absolute Gasteiger partial charge is 0.332 e. The predicted molar refractivity (Wildman–Crippen MR) is 113 cm³/mol. The molecule has 3 heterocycles. The van der Waals surface area contributed by atoms with Crippen LogP contribution < -0.4 is 16.6 Å². The van der Waals surface area contributed by atoms with E-state index >= 15 is 0 Å². The molecule has 0 fully saturated rings. The summed E-state index contributed by atoms with van der Waals surface area (Å²) in [5.74, 6) is -0.422. The zero-order valence-corrected chi connectivity index (χ0v) is 17.0. The van der Waals surface area contributed by atoms with Crippen LogP contribution in [-0.4, -0.2) is 29.8 Å². The van der Waals surface area contributed by atoms with Gasteiger partial charge in [-0.1, -0.05) is 12.1 Å². The van der Waals surface area contributed by atoms with Crippen LogP contribution in [0.2, 0.25) is 0 Å². The van der Waals surface area contributed by atoms with E-state index in [1.54, 1.807) is 10.7 Å². The Morgan fingerprint density at radius 3 is 2.47 bits per heavy atom. The monoisotopic (exact) mass is 404 g/mol. The SMILES string of the molecule is Cc1cc(C)n(-c2ccccc2NC(=O)c2cnc3c(c2)c(=O)n(C)c(=O)n3C)n1. The molecule has 0 atom stereocenters. The molecule has 30 heavy (non-hydrogen) atoms. The van der Waals surface area contributed by atoms with Crippen LogP contribution in [0.15, 0.2) is 52.2 Å². The molecule has 0 radical (unpaired) electrons. The topological polar surface area (TPSA) is 104 Å². The third-order valence-electron chi connectivity index (χ3n) is 4.95. The first-order valence-corrected chi connectivity index (χ1v) is 9.27. The molecule has 0 unspecified atom stereocenters. The lowest BCUT2D eigenvalue weighted by Gasteiger charge is -2.13. The summed E-state index contributed by atoms with van der Waals surface area (Å²) in [7, 11) is 2.92. The fourth-order valence-corrected chi connectivity index (χ4v) is 3.42. The van der Waals surface area contributed by atoms with Crippen LogP contribution in [0, 0.1) is 13.8 Å². The third kappa shape index (κ3) is 3.10. The lowest BCUT2D eigenvalue weighted by Crippen LogP contribution is -2.37. The number of para-hydroxylation sites is 2.